The third-order valence-electron chi connectivity index (χ3n) is 9.11. The van der Waals surface area contributed by atoms with Gasteiger partial charge in [-0.3, -0.25) is 0 Å². The van der Waals surface area contributed by atoms with Gasteiger partial charge in [-0.1, -0.05) is 70.8 Å². The minimum Gasteiger partial charge on any atom is -0.464 e. The number of hydrogen-bond donors (Lipinski definition) is 0. The summed E-state index contributed by atoms with van der Waals surface area (Å²) >= 11 is 6.66. The molecule has 0 N–H and O–H groups in total. The molecule has 4 nitrogen and oxygen atoms in total. The molecule has 1 aliphatic heterocycles. The van der Waals surface area contributed by atoms with E-state index >= 15 is 0 Å². The Hall–Kier alpha value is -0.571. The van der Waals surface area contributed by atoms with E-state index in [1.165, 1.54) is 6.42 Å². The number of benzene rings is 1. The number of furan rings is 1. The van der Waals surface area contributed by atoms with E-state index in [2.05, 4.69) is 64.3 Å². The van der Waals surface area contributed by atoms with Gasteiger partial charge < -0.3 is 18.0 Å². The number of nitrogens with zero attached hydrogens (tertiary/aromatic N) is 1. The number of hydrogen-bond acceptors (Lipinski definition) is 4. The molecule has 0 radical (unpaired) electrons. The fourth-order valence-corrected chi connectivity index (χ4v) is 18.6. The van der Waals surface area contributed by atoms with Crippen LogP contribution in [0, 0.1) is 17.3 Å². The predicted octanol–water partition coefficient (Wildman–Crippen LogP) is 7.24. The Morgan fingerprint density at radius 1 is 1.09 bits per heavy atom. The first-order valence-corrected chi connectivity index (χ1v) is 20.2. The first-order chi connectivity index (χ1) is 15.6. The summed E-state index contributed by atoms with van der Waals surface area (Å²) in [5.74, 6) is 1.45. The van der Waals surface area contributed by atoms with Crippen molar-refractivity contribution in [2.45, 2.75) is 97.0 Å². The van der Waals surface area contributed by atoms with Crippen LogP contribution in [0.15, 0.2) is 28.9 Å². The summed E-state index contributed by atoms with van der Waals surface area (Å²) in [5.41, 5.74) is 2.14. The van der Waals surface area contributed by atoms with Crippen LogP contribution in [0.5, 0.6) is 0 Å². The summed E-state index contributed by atoms with van der Waals surface area (Å²) in [7, 11) is -3.65. The molecular weight excluding hydrogens is 477 g/mol. The SMILES string of the molecule is CC1(C)[C@@H]2C[C@H]3OB([C@H](Cc4coc5cccc(Cl)c45)N([Si](C)(C)C)[Si](C)(C)C)O[C@@]3(C)[C@H]1C2. The van der Waals surface area contributed by atoms with E-state index in [4.69, 9.17) is 25.3 Å². The summed E-state index contributed by atoms with van der Waals surface area (Å²) in [6.07, 6.45) is 5.29. The molecule has 0 amide bonds. The van der Waals surface area contributed by atoms with E-state index in [0.717, 1.165) is 40.3 Å². The molecule has 3 saturated carbocycles. The molecule has 2 bridgehead atoms. The van der Waals surface area contributed by atoms with Crippen LogP contribution in [0.1, 0.15) is 39.2 Å². The van der Waals surface area contributed by atoms with E-state index in [0.29, 0.717) is 11.3 Å². The van der Waals surface area contributed by atoms with Crippen molar-refractivity contribution >= 4 is 46.2 Å². The lowest BCUT2D eigenvalue weighted by molar-refractivity contribution is -0.199. The third-order valence-corrected chi connectivity index (χ3v) is 17.0. The smallest absolute Gasteiger partial charge is 0.464 e. The molecule has 186 valence electrons. The van der Waals surface area contributed by atoms with Crippen molar-refractivity contribution < 1.29 is 13.7 Å². The second-order valence-electron chi connectivity index (χ2n) is 13.7. The highest BCUT2D eigenvalue weighted by Crippen LogP contribution is 2.66. The Morgan fingerprint density at radius 3 is 2.38 bits per heavy atom. The van der Waals surface area contributed by atoms with Gasteiger partial charge in [0.2, 0.25) is 0 Å². The van der Waals surface area contributed by atoms with Gasteiger partial charge in [0.1, 0.15) is 22.1 Å². The van der Waals surface area contributed by atoms with Crippen molar-refractivity contribution in [3.05, 3.63) is 35.0 Å². The maximum Gasteiger partial charge on any atom is 0.475 e. The quantitative estimate of drug-likeness (QED) is 0.378. The van der Waals surface area contributed by atoms with Crippen LogP contribution in [0.2, 0.25) is 44.3 Å². The van der Waals surface area contributed by atoms with Gasteiger partial charge >= 0.3 is 7.12 Å². The van der Waals surface area contributed by atoms with Crippen molar-refractivity contribution in [2.24, 2.45) is 17.3 Å². The summed E-state index contributed by atoms with van der Waals surface area (Å²) in [4.78, 5) is 0. The first kappa shape index (κ1) is 25.1. The standard InChI is InChI=1S/C26H41BClNO3Si2/c1-25(2)18-14-21(25)26(3)22(15-18)31-27(32-26)23(29(33(4,5)6)34(7,8)9)13-17-16-30-20-12-10-11-19(28)24(17)20/h10-12,16,18,21-23H,13-15H2,1-9H3/t18-,21-,22+,23-,26-/m0/s1. The molecule has 0 spiro atoms. The van der Waals surface area contributed by atoms with Crippen molar-refractivity contribution in [1.29, 1.82) is 0 Å². The lowest BCUT2D eigenvalue weighted by atomic mass is 9.43. The molecule has 8 heteroatoms. The molecule has 6 rings (SSSR count). The van der Waals surface area contributed by atoms with Crippen molar-refractivity contribution in [1.82, 2.24) is 4.23 Å². The zero-order valence-corrected chi connectivity index (χ0v) is 25.1. The van der Waals surface area contributed by atoms with Crippen LogP contribution in [-0.4, -0.2) is 45.5 Å². The number of fused-ring (bicyclic) bond motifs is 1. The molecule has 1 saturated heterocycles. The molecular formula is C26H41BClNO3Si2. The molecule has 1 aromatic carbocycles. The largest absolute Gasteiger partial charge is 0.475 e. The second kappa shape index (κ2) is 7.96. The lowest BCUT2D eigenvalue weighted by Crippen LogP contribution is -2.68. The topological polar surface area (TPSA) is 34.8 Å². The van der Waals surface area contributed by atoms with Crippen LogP contribution in [0.25, 0.3) is 11.0 Å². The van der Waals surface area contributed by atoms with E-state index in [1.807, 2.05) is 24.5 Å². The number of halogens is 1. The summed E-state index contributed by atoms with van der Waals surface area (Å²) in [6.45, 7) is 21.9. The van der Waals surface area contributed by atoms with Crippen LogP contribution in [0.3, 0.4) is 0 Å². The van der Waals surface area contributed by atoms with Gasteiger partial charge in [0.05, 0.1) is 23.0 Å². The third kappa shape index (κ3) is 3.81. The first-order valence-electron chi connectivity index (χ1n) is 12.9. The highest BCUT2D eigenvalue weighted by molar-refractivity contribution is 6.90. The normalized spacial score (nSPS) is 31.6. The van der Waals surface area contributed by atoms with Crippen molar-refractivity contribution in [3.8, 4) is 0 Å². The monoisotopic (exact) mass is 517 g/mol. The van der Waals surface area contributed by atoms with Crippen LogP contribution < -0.4 is 0 Å². The van der Waals surface area contributed by atoms with Gasteiger partial charge in [-0.2, -0.15) is 0 Å². The Bertz CT molecular complexity index is 1080. The Labute approximate surface area is 213 Å². The average molecular weight is 518 g/mol. The molecule has 2 heterocycles. The van der Waals surface area contributed by atoms with Gasteiger partial charge in [0.25, 0.3) is 0 Å². The lowest BCUT2D eigenvalue weighted by Gasteiger charge is -2.64. The zero-order chi connectivity index (χ0) is 24.8. The maximum atomic E-state index is 7.08. The minimum absolute atomic E-state index is 0.137. The van der Waals surface area contributed by atoms with Gasteiger partial charge in [0.15, 0.2) is 0 Å². The molecule has 2 aromatic rings. The molecule has 4 aliphatic rings. The van der Waals surface area contributed by atoms with Crippen LogP contribution >= 0.6 is 11.6 Å². The van der Waals surface area contributed by atoms with Crippen LogP contribution in [0.4, 0.5) is 0 Å². The average Bonchev–Trinajstić information content (AvgIpc) is 3.26. The Morgan fingerprint density at radius 2 is 1.76 bits per heavy atom. The maximum absolute atomic E-state index is 7.08. The molecule has 5 atom stereocenters. The number of rotatable bonds is 6. The molecule has 4 fully saturated rings. The van der Waals surface area contributed by atoms with E-state index in [1.54, 1.807) is 0 Å². The van der Waals surface area contributed by atoms with Crippen LogP contribution in [-0.2, 0) is 15.7 Å². The van der Waals surface area contributed by atoms with Gasteiger partial charge in [-0.15, -0.1) is 0 Å². The molecule has 0 unspecified atom stereocenters. The summed E-state index contributed by atoms with van der Waals surface area (Å²) in [5, 5.41) is 1.79. The van der Waals surface area contributed by atoms with Crippen molar-refractivity contribution in [2.75, 3.05) is 0 Å². The Balaban J connectivity index is 1.55. The molecule has 1 aromatic heterocycles. The van der Waals surface area contributed by atoms with Gasteiger partial charge in [-0.25, -0.2) is 0 Å². The Kier molecular flexibility index (Phi) is 5.88. The fourth-order valence-electron chi connectivity index (χ4n) is 7.86. The fraction of sp³-hybridized carbons (Fsp3) is 0.692. The summed E-state index contributed by atoms with van der Waals surface area (Å²) in [6, 6.07) is 5.91. The van der Waals surface area contributed by atoms with Gasteiger partial charge in [0, 0.05) is 16.9 Å². The van der Waals surface area contributed by atoms with Crippen molar-refractivity contribution in [3.63, 3.8) is 0 Å². The molecule has 34 heavy (non-hydrogen) atoms. The molecule has 3 aliphatic carbocycles. The zero-order valence-electron chi connectivity index (χ0n) is 22.4. The second-order valence-corrected chi connectivity index (χ2v) is 24.2. The highest BCUT2D eigenvalue weighted by Gasteiger charge is 2.69. The predicted molar refractivity (Wildman–Crippen MR) is 147 cm³/mol. The van der Waals surface area contributed by atoms with Gasteiger partial charge in [-0.05, 0) is 55.6 Å². The van der Waals surface area contributed by atoms with E-state index in [9.17, 15) is 0 Å². The van der Waals surface area contributed by atoms with E-state index < -0.39 is 16.5 Å². The summed E-state index contributed by atoms with van der Waals surface area (Å²) < 4.78 is 22.8. The highest BCUT2D eigenvalue weighted by atomic mass is 35.5. The minimum atomic E-state index is -1.70. The van der Waals surface area contributed by atoms with E-state index in [-0.39, 0.29) is 24.8 Å².